The third kappa shape index (κ3) is 4.71. The molecule has 1 atom stereocenters. The van der Waals surface area contributed by atoms with Gasteiger partial charge < -0.3 is 15.5 Å². The van der Waals surface area contributed by atoms with Crippen LogP contribution in [-0.2, 0) is 16.1 Å². The summed E-state index contributed by atoms with van der Waals surface area (Å²) in [6.45, 7) is 6.88. The van der Waals surface area contributed by atoms with Crippen molar-refractivity contribution in [1.29, 1.82) is 0 Å². The molecule has 1 aliphatic rings. The molecule has 2 amide bonds. The Morgan fingerprint density at radius 3 is 2.77 bits per heavy atom. The Hall–Kier alpha value is -1.59. The number of hydrogen-bond donors (Lipinski definition) is 2. The molecule has 1 heterocycles. The molecule has 0 aromatic heterocycles. The number of nitrogens with one attached hydrogen (secondary N) is 2. The highest BCUT2D eigenvalue weighted by atomic mass is 35.5. The minimum Gasteiger partial charge on any atom is -0.342 e. The number of anilines is 1. The van der Waals surface area contributed by atoms with Crippen LogP contribution in [0.25, 0.3) is 0 Å². The molecular formula is C16H24ClN3O2. The van der Waals surface area contributed by atoms with Crippen LogP contribution in [0.3, 0.4) is 0 Å². The first kappa shape index (κ1) is 18.5. The number of hydrogen-bond acceptors (Lipinski definition) is 3. The van der Waals surface area contributed by atoms with Crippen LogP contribution in [0.2, 0.25) is 0 Å². The minimum absolute atomic E-state index is 0. The number of carbonyl (C=O) groups excluding carboxylic acids is 2. The molecular weight excluding hydrogens is 302 g/mol. The summed E-state index contributed by atoms with van der Waals surface area (Å²) in [4.78, 5) is 25.7. The summed E-state index contributed by atoms with van der Waals surface area (Å²) in [5, 5.41) is 6.18. The maximum Gasteiger partial charge on any atom is 0.229 e. The van der Waals surface area contributed by atoms with Crippen molar-refractivity contribution in [1.82, 2.24) is 10.2 Å². The first-order valence-corrected chi connectivity index (χ1v) is 7.52. The van der Waals surface area contributed by atoms with Crippen LogP contribution >= 0.6 is 12.4 Å². The van der Waals surface area contributed by atoms with Crippen molar-refractivity contribution in [2.75, 3.05) is 25.0 Å². The molecule has 1 aliphatic heterocycles. The number of likely N-dealkylation sites (tertiary alicyclic amines) is 1. The SMILES string of the molecule is CCNCc1cccc(NC(=O)C2CC(=O)N(CC)C2)c1.Cl. The lowest BCUT2D eigenvalue weighted by atomic mass is 10.1. The van der Waals surface area contributed by atoms with Gasteiger partial charge in [0.1, 0.15) is 0 Å². The van der Waals surface area contributed by atoms with Gasteiger partial charge in [-0.05, 0) is 31.2 Å². The molecule has 2 N–H and O–H groups in total. The molecule has 22 heavy (non-hydrogen) atoms. The first-order chi connectivity index (χ1) is 10.1. The fourth-order valence-electron chi connectivity index (χ4n) is 2.53. The van der Waals surface area contributed by atoms with Crippen molar-refractivity contribution in [3.8, 4) is 0 Å². The quantitative estimate of drug-likeness (QED) is 0.841. The normalized spacial score (nSPS) is 17.3. The molecule has 0 spiro atoms. The van der Waals surface area contributed by atoms with E-state index in [-0.39, 0.29) is 30.1 Å². The van der Waals surface area contributed by atoms with Crippen molar-refractivity contribution in [3.63, 3.8) is 0 Å². The molecule has 1 aromatic rings. The van der Waals surface area contributed by atoms with E-state index in [0.29, 0.717) is 19.5 Å². The van der Waals surface area contributed by atoms with Gasteiger partial charge in [0.05, 0.1) is 5.92 Å². The number of rotatable bonds is 6. The van der Waals surface area contributed by atoms with Gasteiger partial charge in [-0.15, -0.1) is 12.4 Å². The van der Waals surface area contributed by atoms with Crippen molar-refractivity contribution in [2.45, 2.75) is 26.8 Å². The second-order valence-electron chi connectivity index (χ2n) is 5.30. The Kier molecular flexibility index (Phi) is 7.35. The monoisotopic (exact) mass is 325 g/mol. The molecule has 1 unspecified atom stereocenters. The summed E-state index contributed by atoms with van der Waals surface area (Å²) < 4.78 is 0. The lowest BCUT2D eigenvalue weighted by molar-refractivity contribution is -0.128. The summed E-state index contributed by atoms with van der Waals surface area (Å²) in [6, 6.07) is 7.80. The summed E-state index contributed by atoms with van der Waals surface area (Å²) in [5.74, 6) is -0.242. The van der Waals surface area contributed by atoms with Crippen LogP contribution in [-0.4, -0.2) is 36.3 Å². The molecule has 1 fully saturated rings. The minimum atomic E-state index is -0.241. The van der Waals surface area contributed by atoms with Crippen molar-refractivity contribution < 1.29 is 9.59 Å². The van der Waals surface area contributed by atoms with Crippen molar-refractivity contribution in [2.24, 2.45) is 5.92 Å². The zero-order valence-electron chi connectivity index (χ0n) is 13.1. The summed E-state index contributed by atoms with van der Waals surface area (Å²) in [5.41, 5.74) is 1.92. The zero-order chi connectivity index (χ0) is 15.2. The van der Waals surface area contributed by atoms with Gasteiger partial charge in [0.25, 0.3) is 0 Å². The maximum atomic E-state index is 12.2. The average molecular weight is 326 g/mol. The number of benzene rings is 1. The van der Waals surface area contributed by atoms with Crippen molar-refractivity contribution >= 4 is 29.9 Å². The smallest absolute Gasteiger partial charge is 0.229 e. The van der Waals surface area contributed by atoms with Gasteiger partial charge in [-0.2, -0.15) is 0 Å². The second kappa shape index (κ2) is 8.76. The predicted molar refractivity (Wildman–Crippen MR) is 90.1 cm³/mol. The molecule has 2 rings (SSSR count). The van der Waals surface area contributed by atoms with E-state index in [0.717, 1.165) is 24.3 Å². The zero-order valence-corrected chi connectivity index (χ0v) is 13.9. The molecule has 1 aromatic carbocycles. The van der Waals surface area contributed by atoms with Crippen LogP contribution in [0.4, 0.5) is 5.69 Å². The van der Waals surface area contributed by atoms with E-state index in [1.54, 1.807) is 4.90 Å². The van der Waals surface area contributed by atoms with Gasteiger partial charge in [-0.3, -0.25) is 9.59 Å². The van der Waals surface area contributed by atoms with E-state index in [4.69, 9.17) is 0 Å². The highest BCUT2D eigenvalue weighted by molar-refractivity contribution is 5.97. The molecule has 5 nitrogen and oxygen atoms in total. The number of halogens is 1. The largest absolute Gasteiger partial charge is 0.342 e. The topological polar surface area (TPSA) is 61.4 Å². The Balaban J connectivity index is 0.00000242. The summed E-state index contributed by atoms with van der Waals surface area (Å²) in [6.07, 6.45) is 0.316. The number of carbonyl (C=O) groups is 2. The molecule has 122 valence electrons. The highest BCUT2D eigenvalue weighted by Gasteiger charge is 2.33. The summed E-state index contributed by atoms with van der Waals surface area (Å²) >= 11 is 0. The number of nitrogens with zero attached hydrogens (tertiary/aromatic N) is 1. The molecule has 0 aliphatic carbocycles. The first-order valence-electron chi connectivity index (χ1n) is 7.52. The van der Waals surface area contributed by atoms with E-state index in [1.165, 1.54) is 0 Å². The maximum absolute atomic E-state index is 12.2. The molecule has 6 heteroatoms. The standard InChI is InChI=1S/C16H23N3O2.ClH/c1-3-17-10-12-6-5-7-14(8-12)18-16(21)13-9-15(20)19(4-2)11-13;/h5-8,13,17H,3-4,9-11H2,1-2H3,(H,18,21);1H. The lowest BCUT2D eigenvalue weighted by Gasteiger charge is -2.14. The van der Waals surface area contributed by atoms with Crippen LogP contribution in [0.5, 0.6) is 0 Å². The van der Waals surface area contributed by atoms with Gasteiger partial charge in [0.2, 0.25) is 11.8 Å². The van der Waals surface area contributed by atoms with Crippen LogP contribution < -0.4 is 10.6 Å². The number of amides is 2. The van der Waals surface area contributed by atoms with Gasteiger partial charge in [0, 0.05) is 31.7 Å². The van der Waals surface area contributed by atoms with E-state index >= 15 is 0 Å². The van der Waals surface area contributed by atoms with Gasteiger partial charge in [0.15, 0.2) is 0 Å². The molecule has 0 radical (unpaired) electrons. The van der Waals surface area contributed by atoms with Gasteiger partial charge in [-0.25, -0.2) is 0 Å². The Morgan fingerprint density at radius 2 is 2.14 bits per heavy atom. The van der Waals surface area contributed by atoms with Crippen molar-refractivity contribution in [3.05, 3.63) is 29.8 Å². The summed E-state index contributed by atoms with van der Waals surface area (Å²) in [7, 11) is 0. The Labute approximate surface area is 137 Å². The van der Waals surface area contributed by atoms with Crippen LogP contribution in [0.1, 0.15) is 25.8 Å². The second-order valence-corrected chi connectivity index (χ2v) is 5.30. The third-order valence-electron chi connectivity index (χ3n) is 3.74. The fraction of sp³-hybridized carbons (Fsp3) is 0.500. The van der Waals surface area contributed by atoms with E-state index in [9.17, 15) is 9.59 Å². The third-order valence-corrected chi connectivity index (χ3v) is 3.74. The van der Waals surface area contributed by atoms with Crippen LogP contribution in [0.15, 0.2) is 24.3 Å². The van der Waals surface area contributed by atoms with E-state index in [1.807, 2.05) is 31.2 Å². The Morgan fingerprint density at radius 1 is 1.36 bits per heavy atom. The van der Waals surface area contributed by atoms with Gasteiger partial charge >= 0.3 is 0 Å². The average Bonchev–Trinajstić information content (AvgIpc) is 2.87. The fourth-order valence-corrected chi connectivity index (χ4v) is 2.53. The van der Waals surface area contributed by atoms with E-state index < -0.39 is 0 Å². The highest BCUT2D eigenvalue weighted by Crippen LogP contribution is 2.20. The lowest BCUT2D eigenvalue weighted by Crippen LogP contribution is -2.28. The van der Waals surface area contributed by atoms with Gasteiger partial charge in [-0.1, -0.05) is 19.1 Å². The Bertz CT molecular complexity index is 522. The molecule has 0 saturated carbocycles. The van der Waals surface area contributed by atoms with Crippen LogP contribution in [0, 0.1) is 5.92 Å². The molecule has 1 saturated heterocycles. The van der Waals surface area contributed by atoms with E-state index in [2.05, 4.69) is 17.6 Å². The molecule has 0 bridgehead atoms. The predicted octanol–water partition coefficient (Wildman–Crippen LogP) is 2.02.